The number of anilines is 2. The van der Waals surface area contributed by atoms with Crippen molar-refractivity contribution in [3.8, 4) is 0 Å². The van der Waals surface area contributed by atoms with Gasteiger partial charge < -0.3 is 11.1 Å². The molecular formula is C9H19N5O2S. The van der Waals surface area contributed by atoms with Gasteiger partial charge in [0.2, 0.25) is 10.0 Å². The van der Waals surface area contributed by atoms with Crippen LogP contribution in [0.15, 0.2) is 6.20 Å². The maximum Gasteiger partial charge on any atom is 0.209 e. The second-order valence-electron chi connectivity index (χ2n) is 4.72. The molecule has 8 heteroatoms. The molecule has 0 saturated carbocycles. The number of hydrogen-bond donors (Lipinski definition) is 3. The smallest absolute Gasteiger partial charge is 0.209 e. The van der Waals surface area contributed by atoms with Gasteiger partial charge in [-0.05, 0) is 13.8 Å². The molecule has 0 atom stereocenters. The molecule has 1 aromatic heterocycles. The Hall–Kier alpha value is -1.28. The molecule has 0 amide bonds. The van der Waals surface area contributed by atoms with Crippen LogP contribution in [0.1, 0.15) is 13.8 Å². The van der Waals surface area contributed by atoms with Gasteiger partial charge in [-0.1, -0.05) is 0 Å². The first-order valence-electron chi connectivity index (χ1n) is 5.11. The lowest BCUT2D eigenvalue weighted by molar-refractivity contribution is 0.475. The molecule has 1 heterocycles. The topological polar surface area (TPSA) is 102 Å². The van der Waals surface area contributed by atoms with E-state index in [2.05, 4.69) is 15.1 Å². The molecule has 0 fully saturated rings. The highest BCUT2D eigenvalue weighted by atomic mass is 32.2. The molecule has 1 rings (SSSR count). The Morgan fingerprint density at radius 3 is 2.53 bits per heavy atom. The Bertz CT molecular complexity index is 491. The van der Waals surface area contributed by atoms with Crippen LogP contribution in [0.25, 0.3) is 0 Å². The number of aromatic nitrogens is 2. The zero-order valence-corrected chi connectivity index (χ0v) is 11.3. The van der Waals surface area contributed by atoms with Crippen LogP contribution in [0.4, 0.5) is 11.5 Å². The Kier molecular flexibility index (Phi) is 3.68. The van der Waals surface area contributed by atoms with E-state index < -0.39 is 15.6 Å². The summed E-state index contributed by atoms with van der Waals surface area (Å²) < 4.78 is 26.4. The van der Waals surface area contributed by atoms with Crippen molar-refractivity contribution in [2.24, 2.45) is 7.05 Å². The average Bonchev–Trinajstić information content (AvgIpc) is 2.37. The first-order valence-corrected chi connectivity index (χ1v) is 7.00. The van der Waals surface area contributed by atoms with Gasteiger partial charge in [0, 0.05) is 25.3 Å². The Balaban J connectivity index is 2.64. The molecule has 0 aliphatic carbocycles. The molecule has 0 spiro atoms. The van der Waals surface area contributed by atoms with Gasteiger partial charge in [-0.3, -0.25) is 4.68 Å². The van der Waals surface area contributed by atoms with E-state index in [1.54, 1.807) is 31.8 Å². The third-order valence-electron chi connectivity index (χ3n) is 2.02. The van der Waals surface area contributed by atoms with Gasteiger partial charge in [-0.15, -0.1) is 0 Å². The van der Waals surface area contributed by atoms with Gasteiger partial charge in [0.15, 0.2) is 5.82 Å². The summed E-state index contributed by atoms with van der Waals surface area (Å²) in [6.45, 7) is 3.95. The van der Waals surface area contributed by atoms with Crippen molar-refractivity contribution < 1.29 is 8.42 Å². The first kappa shape index (κ1) is 13.8. The molecule has 98 valence electrons. The number of aryl methyl sites for hydroxylation is 1. The zero-order chi connectivity index (χ0) is 13.3. The molecule has 0 radical (unpaired) electrons. The number of nitrogens with zero attached hydrogens (tertiary/aromatic N) is 2. The van der Waals surface area contributed by atoms with Crippen molar-refractivity contribution in [1.29, 1.82) is 0 Å². The maximum atomic E-state index is 11.1. The highest BCUT2D eigenvalue weighted by Crippen LogP contribution is 2.15. The van der Waals surface area contributed by atoms with E-state index in [1.807, 2.05) is 0 Å². The highest BCUT2D eigenvalue weighted by Gasteiger charge is 2.22. The van der Waals surface area contributed by atoms with Gasteiger partial charge >= 0.3 is 0 Å². The monoisotopic (exact) mass is 261 g/mol. The van der Waals surface area contributed by atoms with Crippen LogP contribution in [0, 0.1) is 0 Å². The van der Waals surface area contributed by atoms with E-state index in [4.69, 9.17) is 5.73 Å². The molecule has 0 unspecified atom stereocenters. The summed E-state index contributed by atoms with van der Waals surface area (Å²) in [6.07, 6.45) is 2.81. The summed E-state index contributed by atoms with van der Waals surface area (Å²) in [5, 5.41) is 7.13. The lowest BCUT2D eigenvalue weighted by Crippen LogP contribution is -2.47. The van der Waals surface area contributed by atoms with Crippen LogP contribution >= 0.6 is 0 Å². The van der Waals surface area contributed by atoms with Gasteiger partial charge in [-0.2, -0.15) is 5.10 Å². The molecule has 7 nitrogen and oxygen atoms in total. The van der Waals surface area contributed by atoms with Crippen LogP contribution in [0.5, 0.6) is 0 Å². The van der Waals surface area contributed by atoms with E-state index >= 15 is 0 Å². The minimum atomic E-state index is -3.24. The van der Waals surface area contributed by atoms with Crippen LogP contribution in [-0.2, 0) is 17.1 Å². The van der Waals surface area contributed by atoms with Crippen molar-refractivity contribution in [3.63, 3.8) is 0 Å². The van der Waals surface area contributed by atoms with Gasteiger partial charge in [0.05, 0.1) is 11.9 Å². The maximum absolute atomic E-state index is 11.1. The largest absolute Gasteiger partial charge is 0.394 e. The van der Waals surface area contributed by atoms with Crippen LogP contribution in [0.3, 0.4) is 0 Å². The van der Waals surface area contributed by atoms with Crippen LogP contribution in [0.2, 0.25) is 0 Å². The van der Waals surface area contributed by atoms with Crippen molar-refractivity contribution in [2.75, 3.05) is 23.9 Å². The van der Waals surface area contributed by atoms with E-state index in [-0.39, 0.29) is 0 Å². The fourth-order valence-electron chi connectivity index (χ4n) is 1.49. The summed E-state index contributed by atoms with van der Waals surface area (Å²) in [7, 11) is -1.47. The van der Waals surface area contributed by atoms with Gasteiger partial charge in [0.25, 0.3) is 0 Å². The number of rotatable bonds is 5. The third-order valence-corrected chi connectivity index (χ3v) is 2.94. The van der Waals surface area contributed by atoms with Crippen molar-refractivity contribution in [3.05, 3.63) is 6.20 Å². The second-order valence-corrected chi connectivity index (χ2v) is 6.47. The van der Waals surface area contributed by atoms with Crippen molar-refractivity contribution in [2.45, 2.75) is 19.4 Å². The van der Waals surface area contributed by atoms with E-state index in [0.717, 1.165) is 6.26 Å². The summed E-state index contributed by atoms with van der Waals surface area (Å²) in [5.74, 6) is 0.552. The zero-order valence-electron chi connectivity index (χ0n) is 10.5. The minimum Gasteiger partial charge on any atom is -0.394 e. The quantitative estimate of drug-likeness (QED) is 0.678. The number of sulfonamides is 1. The number of nitrogen functional groups attached to an aromatic ring is 1. The third kappa shape index (κ3) is 4.61. The normalized spacial score (nSPS) is 12.7. The molecule has 0 aliphatic heterocycles. The van der Waals surface area contributed by atoms with E-state index in [0.29, 0.717) is 18.1 Å². The van der Waals surface area contributed by atoms with Gasteiger partial charge in [-0.25, -0.2) is 13.1 Å². The van der Waals surface area contributed by atoms with Crippen molar-refractivity contribution in [1.82, 2.24) is 14.5 Å². The SMILES string of the molecule is Cn1cc(N)c(NCC(C)(C)NS(C)(=O)=O)n1. The summed E-state index contributed by atoms with van der Waals surface area (Å²) >= 11 is 0. The van der Waals surface area contributed by atoms with Gasteiger partial charge in [0.1, 0.15) is 0 Å². The Morgan fingerprint density at radius 2 is 2.12 bits per heavy atom. The predicted molar refractivity (Wildman–Crippen MR) is 68.2 cm³/mol. The highest BCUT2D eigenvalue weighted by molar-refractivity contribution is 7.88. The summed E-state index contributed by atoms with van der Waals surface area (Å²) in [4.78, 5) is 0. The molecule has 0 bridgehead atoms. The molecule has 0 saturated heterocycles. The molecule has 4 N–H and O–H groups in total. The lowest BCUT2D eigenvalue weighted by Gasteiger charge is -2.25. The van der Waals surface area contributed by atoms with E-state index in [9.17, 15) is 8.42 Å². The molecule has 0 aliphatic rings. The van der Waals surface area contributed by atoms with Crippen LogP contribution in [-0.4, -0.2) is 36.5 Å². The molecular weight excluding hydrogens is 242 g/mol. The Morgan fingerprint density at radius 1 is 1.53 bits per heavy atom. The average molecular weight is 261 g/mol. The summed E-state index contributed by atoms with van der Waals surface area (Å²) in [6, 6.07) is 0. The lowest BCUT2D eigenvalue weighted by atomic mass is 10.1. The van der Waals surface area contributed by atoms with Crippen molar-refractivity contribution >= 4 is 21.5 Å². The minimum absolute atomic E-state index is 0.390. The number of nitrogens with two attached hydrogens (primary N) is 1. The fraction of sp³-hybridized carbons (Fsp3) is 0.667. The first-order chi connectivity index (χ1) is 7.59. The Labute approximate surface area is 101 Å². The molecule has 0 aromatic carbocycles. The number of nitrogens with one attached hydrogen (secondary N) is 2. The van der Waals surface area contributed by atoms with Crippen LogP contribution < -0.4 is 15.8 Å². The predicted octanol–water partition coefficient (Wildman–Crippen LogP) is -0.258. The molecule has 1 aromatic rings. The summed E-state index contributed by atoms with van der Waals surface area (Å²) in [5.41, 5.74) is 5.63. The van der Waals surface area contributed by atoms with E-state index in [1.165, 1.54) is 0 Å². The fourth-order valence-corrected chi connectivity index (χ4v) is 2.56. The molecule has 17 heavy (non-hydrogen) atoms. The number of hydrogen-bond acceptors (Lipinski definition) is 5. The standard InChI is InChI=1S/C9H19N5O2S/c1-9(2,13-17(4,15)16)6-11-8-7(10)5-14(3)12-8/h5,13H,6,10H2,1-4H3,(H,11,12). The second kappa shape index (κ2) is 4.53.